The molecule has 0 unspecified atom stereocenters. The Balaban J connectivity index is 2.22. The van der Waals surface area contributed by atoms with Crippen LogP contribution < -0.4 is 11.1 Å². The second kappa shape index (κ2) is 3.89. The summed E-state index contributed by atoms with van der Waals surface area (Å²) in [5.41, 5.74) is 6.36. The molecule has 0 bridgehead atoms. The number of hydrogen-bond acceptors (Lipinski definition) is 3. The quantitative estimate of drug-likeness (QED) is 0.760. The number of fused-ring (bicyclic) bond motifs is 1. The third-order valence-electron chi connectivity index (χ3n) is 1.75. The summed E-state index contributed by atoms with van der Waals surface area (Å²) in [6, 6.07) is 8.03. The zero-order valence-corrected chi connectivity index (χ0v) is 8.99. The number of hydrogen-bond donors (Lipinski definition) is 2. The van der Waals surface area contributed by atoms with Gasteiger partial charge in [0.25, 0.3) is 0 Å². The van der Waals surface area contributed by atoms with Gasteiger partial charge in [0.2, 0.25) is 0 Å². The number of para-hydroxylation sites is 1. The largest absolute Gasteiger partial charge is 0.376 e. The molecule has 1 heterocycles. The van der Waals surface area contributed by atoms with Gasteiger partial charge in [0.1, 0.15) is 5.01 Å². The number of nitrogens with one attached hydrogen (secondary N) is 1. The van der Waals surface area contributed by atoms with Gasteiger partial charge in [0.05, 0.1) is 16.8 Å². The molecule has 0 fully saturated rings. The lowest BCUT2D eigenvalue weighted by atomic mass is 10.3. The van der Waals surface area contributed by atoms with Gasteiger partial charge in [-0.3, -0.25) is 0 Å². The van der Waals surface area contributed by atoms with Crippen molar-refractivity contribution >= 4 is 38.9 Å². The van der Waals surface area contributed by atoms with Crippen molar-refractivity contribution in [1.29, 1.82) is 0 Å². The van der Waals surface area contributed by atoms with Crippen LogP contribution in [-0.4, -0.2) is 10.1 Å². The molecule has 0 radical (unpaired) electrons. The second-order valence-electron chi connectivity index (χ2n) is 2.79. The lowest BCUT2D eigenvalue weighted by Crippen LogP contribution is -2.28. The highest BCUT2D eigenvalue weighted by atomic mass is 32.1. The summed E-state index contributed by atoms with van der Waals surface area (Å²) in [6.45, 7) is 0.606. The first-order valence-electron chi connectivity index (χ1n) is 4.13. The second-order valence-corrected chi connectivity index (χ2v) is 4.35. The first-order chi connectivity index (χ1) is 6.75. The molecular formula is C9H9N3S2. The first-order valence-corrected chi connectivity index (χ1v) is 5.36. The van der Waals surface area contributed by atoms with Crippen molar-refractivity contribution in [3.05, 3.63) is 29.3 Å². The van der Waals surface area contributed by atoms with Crippen LogP contribution in [0.5, 0.6) is 0 Å². The minimum absolute atomic E-state index is 0.309. The van der Waals surface area contributed by atoms with E-state index in [0.717, 1.165) is 10.5 Å². The van der Waals surface area contributed by atoms with Crippen LogP contribution in [0.25, 0.3) is 10.2 Å². The van der Waals surface area contributed by atoms with Gasteiger partial charge in [-0.25, -0.2) is 4.98 Å². The highest BCUT2D eigenvalue weighted by Crippen LogP contribution is 2.20. The molecule has 0 aliphatic heterocycles. The molecule has 3 nitrogen and oxygen atoms in total. The van der Waals surface area contributed by atoms with E-state index in [9.17, 15) is 0 Å². The molecule has 0 aliphatic carbocycles. The Morgan fingerprint density at radius 2 is 2.29 bits per heavy atom. The molecule has 0 spiro atoms. The fraction of sp³-hybridized carbons (Fsp3) is 0.111. The Morgan fingerprint density at radius 1 is 1.50 bits per heavy atom. The molecule has 2 rings (SSSR count). The van der Waals surface area contributed by atoms with E-state index in [1.807, 2.05) is 18.2 Å². The summed E-state index contributed by atoms with van der Waals surface area (Å²) in [4.78, 5) is 4.43. The van der Waals surface area contributed by atoms with Crippen molar-refractivity contribution in [3.8, 4) is 0 Å². The molecule has 1 aromatic heterocycles. The van der Waals surface area contributed by atoms with Crippen molar-refractivity contribution in [3.63, 3.8) is 0 Å². The number of nitrogens with zero attached hydrogens (tertiary/aromatic N) is 1. The summed E-state index contributed by atoms with van der Waals surface area (Å²) in [5, 5.41) is 4.19. The average molecular weight is 223 g/mol. The number of benzene rings is 1. The van der Waals surface area contributed by atoms with Crippen LogP contribution in [0.4, 0.5) is 0 Å². The average Bonchev–Trinajstić information content (AvgIpc) is 2.57. The van der Waals surface area contributed by atoms with Crippen LogP contribution in [0.3, 0.4) is 0 Å². The standard InChI is InChI=1S/C9H9N3S2/c10-9(13)11-5-8-12-6-3-1-2-4-7(6)14-8/h1-4H,5H2,(H3,10,11,13). The predicted molar refractivity (Wildman–Crippen MR) is 63.2 cm³/mol. The van der Waals surface area contributed by atoms with Gasteiger partial charge in [-0.05, 0) is 24.4 Å². The van der Waals surface area contributed by atoms with Crippen LogP contribution in [0.2, 0.25) is 0 Å². The van der Waals surface area contributed by atoms with Gasteiger partial charge < -0.3 is 11.1 Å². The summed E-state index contributed by atoms with van der Waals surface area (Å²) < 4.78 is 1.19. The maximum absolute atomic E-state index is 5.33. The van der Waals surface area contributed by atoms with Crippen LogP contribution in [-0.2, 0) is 6.54 Å². The van der Waals surface area contributed by atoms with Crippen LogP contribution in [0.15, 0.2) is 24.3 Å². The van der Waals surface area contributed by atoms with E-state index < -0.39 is 0 Å². The van der Waals surface area contributed by atoms with Gasteiger partial charge >= 0.3 is 0 Å². The molecule has 0 saturated heterocycles. The van der Waals surface area contributed by atoms with E-state index in [4.69, 9.17) is 18.0 Å². The predicted octanol–water partition coefficient (Wildman–Crippen LogP) is 1.63. The molecule has 0 amide bonds. The summed E-state index contributed by atoms with van der Waals surface area (Å²) >= 11 is 6.37. The maximum atomic E-state index is 5.33. The highest BCUT2D eigenvalue weighted by molar-refractivity contribution is 7.80. The first kappa shape index (κ1) is 9.36. The van der Waals surface area contributed by atoms with Gasteiger partial charge in [-0.2, -0.15) is 0 Å². The minimum atomic E-state index is 0.309. The van der Waals surface area contributed by atoms with E-state index >= 15 is 0 Å². The summed E-state index contributed by atoms with van der Waals surface area (Å²) in [5.74, 6) is 0. The Kier molecular flexibility index (Phi) is 2.60. The van der Waals surface area contributed by atoms with Crippen molar-refractivity contribution in [1.82, 2.24) is 10.3 Å². The number of thiocarbonyl (C=S) groups is 1. The molecule has 72 valence electrons. The third kappa shape index (κ3) is 2.00. The van der Waals surface area contributed by atoms with E-state index in [2.05, 4.69) is 16.4 Å². The molecule has 1 aromatic carbocycles. The number of thiazole rings is 1. The topological polar surface area (TPSA) is 50.9 Å². The molecule has 0 atom stereocenters. The summed E-state index contributed by atoms with van der Waals surface area (Å²) in [6.07, 6.45) is 0. The van der Waals surface area contributed by atoms with E-state index in [1.54, 1.807) is 11.3 Å². The number of rotatable bonds is 2. The number of nitrogens with two attached hydrogens (primary N) is 1. The lowest BCUT2D eigenvalue weighted by molar-refractivity contribution is 0.910. The summed E-state index contributed by atoms with van der Waals surface area (Å²) in [7, 11) is 0. The normalized spacial score (nSPS) is 10.3. The van der Waals surface area contributed by atoms with E-state index in [1.165, 1.54) is 4.70 Å². The van der Waals surface area contributed by atoms with E-state index in [0.29, 0.717) is 11.7 Å². The number of aromatic nitrogens is 1. The monoisotopic (exact) mass is 223 g/mol. The maximum Gasteiger partial charge on any atom is 0.163 e. The lowest BCUT2D eigenvalue weighted by Gasteiger charge is -1.97. The smallest absolute Gasteiger partial charge is 0.163 e. The third-order valence-corrected chi connectivity index (χ3v) is 2.93. The van der Waals surface area contributed by atoms with Crippen molar-refractivity contribution in [2.24, 2.45) is 5.73 Å². The van der Waals surface area contributed by atoms with Gasteiger partial charge in [0, 0.05) is 0 Å². The molecule has 2 aromatic rings. The molecule has 0 saturated carbocycles. The van der Waals surface area contributed by atoms with Gasteiger partial charge in [-0.15, -0.1) is 11.3 Å². The van der Waals surface area contributed by atoms with Gasteiger partial charge in [0.15, 0.2) is 5.11 Å². The zero-order valence-electron chi connectivity index (χ0n) is 7.36. The molecule has 0 aliphatic rings. The Morgan fingerprint density at radius 3 is 3.00 bits per heavy atom. The molecule has 3 N–H and O–H groups in total. The Hall–Kier alpha value is -1.20. The van der Waals surface area contributed by atoms with Crippen LogP contribution in [0.1, 0.15) is 5.01 Å². The molecule has 14 heavy (non-hydrogen) atoms. The van der Waals surface area contributed by atoms with Crippen molar-refractivity contribution in [2.45, 2.75) is 6.54 Å². The Bertz CT molecular complexity index is 431. The SMILES string of the molecule is NC(=S)NCc1nc2ccccc2s1. The highest BCUT2D eigenvalue weighted by Gasteiger charge is 2.01. The van der Waals surface area contributed by atoms with Crippen molar-refractivity contribution < 1.29 is 0 Å². The van der Waals surface area contributed by atoms with Gasteiger partial charge in [-0.1, -0.05) is 12.1 Å². The van der Waals surface area contributed by atoms with Crippen LogP contribution >= 0.6 is 23.6 Å². The Labute approximate surface area is 91.0 Å². The van der Waals surface area contributed by atoms with Crippen LogP contribution in [0, 0.1) is 0 Å². The molecular weight excluding hydrogens is 214 g/mol. The fourth-order valence-electron chi connectivity index (χ4n) is 1.16. The zero-order chi connectivity index (χ0) is 9.97. The van der Waals surface area contributed by atoms with Crippen molar-refractivity contribution in [2.75, 3.05) is 0 Å². The fourth-order valence-corrected chi connectivity index (χ4v) is 2.14. The molecule has 5 heteroatoms. The minimum Gasteiger partial charge on any atom is -0.376 e. The van der Waals surface area contributed by atoms with E-state index in [-0.39, 0.29) is 0 Å².